The third-order valence-electron chi connectivity index (χ3n) is 2.09. The van der Waals surface area contributed by atoms with Crippen LogP contribution < -0.4 is 4.90 Å². The van der Waals surface area contributed by atoms with E-state index in [1.54, 1.807) is 0 Å². The van der Waals surface area contributed by atoms with Gasteiger partial charge in [0.25, 0.3) is 0 Å². The van der Waals surface area contributed by atoms with Gasteiger partial charge in [0.15, 0.2) is 5.78 Å². The number of halogens is 2. The number of ketones is 1. The van der Waals surface area contributed by atoms with Crippen LogP contribution in [0.2, 0.25) is 0 Å². The Hall–Kier alpha value is -0.350. The molecule has 0 aliphatic rings. The number of carbonyl (C=O) groups excluding carboxylic acids is 1. The molecule has 1 atom stereocenters. The molecule has 0 N–H and O–H groups in total. The molecule has 0 aliphatic heterocycles. The molecular weight excluding hydrogens is 322 g/mol. The van der Waals surface area contributed by atoms with Crippen molar-refractivity contribution in [3.8, 4) is 0 Å². The zero-order valence-corrected chi connectivity index (χ0v) is 11.9. The highest BCUT2D eigenvalue weighted by molar-refractivity contribution is 9.12. The molecule has 0 heterocycles. The van der Waals surface area contributed by atoms with Crippen molar-refractivity contribution >= 4 is 43.3 Å². The maximum Gasteiger partial charge on any atom is 0.177 e. The smallest absolute Gasteiger partial charge is 0.177 e. The lowest BCUT2D eigenvalue weighted by Crippen LogP contribution is -2.15. The predicted octanol–water partition coefficient (Wildman–Crippen LogP) is 3.09. The van der Waals surface area contributed by atoms with Crippen molar-refractivity contribution in [3.05, 3.63) is 29.8 Å². The van der Waals surface area contributed by atoms with Gasteiger partial charge < -0.3 is 4.90 Å². The zero-order chi connectivity index (χ0) is 11.4. The number of benzene rings is 1. The lowest BCUT2D eigenvalue weighted by atomic mass is 10.1. The molecule has 1 unspecified atom stereocenters. The van der Waals surface area contributed by atoms with Crippen molar-refractivity contribution in [2.45, 2.75) is 4.83 Å². The van der Waals surface area contributed by atoms with Crippen molar-refractivity contribution in [1.29, 1.82) is 0 Å². The molecule has 0 saturated carbocycles. The lowest BCUT2D eigenvalue weighted by Gasteiger charge is -2.12. The summed E-state index contributed by atoms with van der Waals surface area (Å²) in [6.45, 7) is 0. The molecule has 0 radical (unpaired) electrons. The molecule has 0 aliphatic carbocycles. The number of Topliss-reactive ketones (excluding diaryl/α,β-unsaturated/α-hetero) is 1. The average molecular weight is 335 g/mol. The third-order valence-corrected chi connectivity index (χ3v) is 4.34. The summed E-state index contributed by atoms with van der Waals surface area (Å²) < 4.78 is 0. The Morgan fingerprint density at radius 2 is 1.87 bits per heavy atom. The van der Waals surface area contributed by atoms with E-state index in [1.165, 1.54) is 0 Å². The number of carbonyl (C=O) groups is 1. The van der Waals surface area contributed by atoms with E-state index in [-0.39, 0.29) is 10.6 Å². The van der Waals surface area contributed by atoms with Gasteiger partial charge in [0.05, 0.1) is 4.83 Å². The first-order valence-electron chi connectivity index (χ1n) is 4.58. The molecule has 0 saturated heterocycles. The van der Waals surface area contributed by atoms with Gasteiger partial charge in [-0.3, -0.25) is 4.79 Å². The molecule has 1 aromatic rings. The van der Waals surface area contributed by atoms with E-state index in [0.29, 0.717) is 5.33 Å². The number of anilines is 1. The fourth-order valence-electron chi connectivity index (χ4n) is 1.17. The topological polar surface area (TPSA) is 20.3 Å². The quantitative estimate of drug-likeness (QED) is 0.623. The first kappa shape index (κ1) is 12.7. The summed E-state index contributed by atoms with van der Waals surface area (Å²) in [6, 6.07) is 7.60. The first-order chi connectivity index (χ1) is 7.06. The molecule has 0 amide bonds. The Morgan fingerprint density at radius 3 is 2.27 bits per heavy atom. The van der Waals surface area contributed by atoms with E-state index in [0.717, 1.165) is 11.3 Å². The van der Waals surface area contributed by atoms with Gasteiger partial charge in [-0.15, -0.1) is 0 Å². The van der Waals surface area contributed by atoms with Crippen molar-refractivity contribution in [2.24, 2.45) is 0 Å². The summed E-state index contributed by atoms with van der Waals surface area (Å²) in [5.41, 5.74) is 1.83. The molecule has 82 valence electrons. The van der Waals surface area contributed by atoms with Crippen molar-refractivity contribution in [3.63, 3.8) is 0 Å². The van der Waals surface area contributed by atoms with Crippen LogP contribution in [0.5, 0.6) is 0 Å². The van der Waals surface area contributed by atoms with E-state index in [4.69, 9.17) is 0 Å². The highest BCUT2D eigenvalue weighted by Crippen LogP contribution is 2.16. The Morgan fingerprint density at radius 1 is 1.33 bits per heavy atom. The molecule has 4 heteroatoms. The van der Waals surface area contributed by atoms with Crippen LogP contribution in [0.3, 0.4) is 0 Å². The molecule has 0 aromatic heterocycles. The van der Waals surface area contributed by atoms with Gasteiger partial charge in [0.2, 0.25) is 0 Å². The number of hydrogen-bond donors (Lipinski definition) is 0. The molecule has 15 heavy (non-hydrogen) atoms. The second kappa shape index (κ2) is 5.66. The van der Waals surface area contributed by atoms with Gasteiger partial charge in [0, 0.05) is 30.7 Å². The SMILES string of the molecule is CN(C)c1ccc(C(=O)C(Br)CBr)cc1. The normalized spacial score (nSPS) is 12.3. The van der Waals surface area contributed by atoms with E-state index in [1.807, 2.05) is 43.3 Å². The Bertz CT molecular complexity index is 335. The molecule has 0 fully saturated rings. The average Bonchev–Trinajstić information content (AvgIpc) is 2.27. The minimum absolute atomic E-state index is 0.109. The number of rotatable bonds is 4. The summed E-state index contributed by atoms with van der Waals surface area (Å²) in [7, 11) is 3.95. The van der Waals surface area contributed by atoms with Crippen LogP contribution in [0.15, 0.2) is 24.3 Å². The fraction of sp³-hybridized carbons (Fsp3) is 0.364. The molecule has 2 nitrogen and oxygen atoms in total. The highest BCUT2D eigenvalue weighted by atomic mass is 79.9. The van der Waals surface area contributed by atoms with E-state index < -0.39 is 0 Å². The first-order valence-corrected chi connectivity index (χ1v) is 6.61. The largest absolute Gasteiger partial charge is 0.378 e. The summed E-state index contributed by atoms with van der Waals surface area (Å²) in [4.78, 5) is 13.6. The van der Waals surface area contributed by atoms with Crippen LogP contribution in [0.25, 0.3) is 0 Å². The standard InChI is InChI=1S/C11H13Br2NO/c1-14(2)9-5-3-8(4-6-9)11(15)10(13)7-12/h3-6,10H,7H2,1-2H3. The van der Waals surface area contributed by atoms with Crippen molar-refractivity contribution in [2.75, 3.05) is 24.3 Å². The summed E-state index contributed by atoms with van der Waals surface area (Å²) in [5, 5.41) is 0.626. The molecule has 0 spiro atoms. The maximum atomic E-state index is 11.8. The van der Waals surface area contributed by atoms with Gasteiger partial charge in [0.1, 0.15) is 0 Å². The van der Waals surface area contributed by atoms with Crippen LogP contribution in [-0.2, 0) is 0 Å². The Labute approximate surface area is 107 Å². The minimum Gasteiger partial charge on any atom is -0.378 e. The Balaban J connectivity index is 2.84. The van der Waals surface area contributed by atoms with E-state index >= 15 is 0 Å². The van der Waals surface area contributed by atoms with Crippen molar-refractivity contribution in [1.82, 2.24) is 0 Å². The number of alkyl halides is 2. The molecule has 0 bridgehead atoms. The van der Waals surface area contributed by atoms with Crippen LogP contribution in [0.4, 0.5) is 5.69 Å². The van der Waals surface area contributed by atoms with Gasteiger partial charge in [-0.1, -0.05) is 31.9 Å². The number of nitrogens with zero attached hydrogens (tertiary/aromatic N) is 1. The van der Waals surface area contributed by atoms with Crippen LogP contribution in [-0.4, -0.2) is 30.0 Å². The Kier molecular flexibility index (Phi) is 4.80. The second-order valence-electron chi connectivity index (χ2n) is 3.43. The summed E-state index contributed by atoms with van der Waals surface area (Å²) in [5.74, 6) is 0.109. The summed E-state index contributed by atoms with van der Waals surface area (Å²) >= 11 is 6.59. The van der Waals surface area contributed by atoms with Crippen molar-refractivity contribution < 1.29 is 4.79 Å². The van der Waals surface area contributed by atoms with Crippen LogP contribution in [0, 0.1) is 0 Å². The minimum atomic E-state index is -0.150. The molecule has 1 aromatic carbocycles. The van der Waals surface area contributed by atoms with Gasteiger partial charge in [-0.2, -0.15) is 0 Å². The maximum absolute atomic E-state index is 11.8. The molecule has 1 rings (SSSR count). The van der Waals surface area contributed by atoms with E-state index in [2.05, 4.69) is 31.9 Å². The molecular formula is C11H13Br2NO. The highest BCUT2D eigenvalue weighted by Gasteiger charge is 2.15. The number of hydrogen-bond acceptors (Lipinski definition) is 2. The summed E-state index contributed by atoms with van der Waals surface area (Å²) in [6.07, 6.45) is 0. The van der Waals surface area contributed by atoms with Gasteiger partial charge in [-0.25, -0.2) is 0 Å². The van der Waals surface area contributed by atoms with Gasteiger partial charge in [-0.05, 0) is 24.3 Å². The van der Waals surface area contributed by atoms with Crippen LogP contribution >= 0.6 is 31.9 Å². The fourth-order valence-corrected chi connectivity index (χ4v) is 1.73. The third kappa shape index (κ3) is 3.31. The predicted molar refractivity (Wildman–Crippen MR) is 71.6 cm³/mol. The zero-order valence-electron chi connectivity index (χ0n) is 8.71. The monoisotopic (exact) mass is 333 g/mol. The van der Waals surface area contributed by atoms with Gasteiger partial charge >= 0.3 is 0 Å². The van der Waals surface area contributed by atoms with E-state index in [9.17, 15) is 4.79 Å². The second-order valence-corrected chi connectivity index (χ2v) is 5.18. The lowest BCUT2D eigenvalue weighted by molar-refractivity contribution is 0.0997. The van der Waals surface area contributed by atoms with Crippen LogP contribution in [0.1, 0.15) is 10.4 Å².